The second-order valence-electron chi connectivity index (χ2n) is 8.39. The van der Waals surface area contributed by atoms with Gasteiger partial charge in [-0.2, -0.15) is 13.2 Å². The van der Waals surface area contributed by atoms with Crippen LogP contribution in [0.25, 0.3) is 11.3 Å². The van der Waals surface area contributed by atoms with E-state index in [0.29, 0.717) is 13.1 Å². The monoisotopic (exact) mass is 458 g/mol. The van der Waals surface area contributed by atoms with Gasteiger partial charge in [0, 0.05) is 36.6 Å². The van der Waals surface area contributed by atoms with Crippen LogP contribution in [0.5, 0.6) is 0 Å². The molecule has 7 nitrogen and oxygen atoms in total. The van der Waals surface area contributed by atoms with E-state index in [-0.39, 0.29) is 28.4 Å². The van der Waals surface area contributed by atoms with Crippen molar-refractivity contribution in [2.24, 2.45) is 0 Å². The number of H-pyrrole nitrogens is 1. The maximum atomic E-state index is 13.7. The number of hydrogen-bond acceptors (Lipinski definition) is 5. The van der Waals surface area contributed by atoms with Crippen LogP contribution in [-0.2, 0) is 12.7 Å². The zero-order valence-corrected chi connectivity index (χ0v) is 18.1. The van der Waals surface area contributed by atoms with Crippen molar-refractivity contribution < 1.29 is 18.0 Å². The van der Waals surface area contributed by atoms with Crippen LogP contribution < -0.4 is 16.0 Å². The van der Waals surface area contributed by atoms with Crippen LogP contribution in [0.2, 0.25) is 0 Å². The van der Waals surface area contributed by atoms with Gasteiger partial charge in [-0.05, 0) is 37.9 Å². The Labute approximate surface area is 189 Å². The molecule has 174 valence electrons. The average Bonchev–Trinajstić information content (AvgIpc) is 3.28. The molecule has 0 bridgehead atoms. The van der Waals surface area contributed by atoms with E-state index in [0.717, 1.165) is 31.1 Å². The quantitative estimate of drug-likeness (QED) is 0.448. The molecule has 4 N–H and O–H groups in total. The second-order valence-corrected chi connectivity index (χ2v) is 8.39. The molecule has 1 fully saturated rings. The van der Waals surface area contributed by atoms with Gasteiger partial charge in [0.1, 0.15) is 11.3 Å². The van der Waals surface area contributed by atoms with Crippen molar-refractivity contribution in [2.75, 3.05) is 18.4 Å². The highest BCUT2D eigenvalue weighted by Gasteiger charge is 2.36. The molecule has 2 aromatic heterocycles. The Morgan fingerprint density at radius 1 is 1.24 bits per heavy atom. The number of rotatable bonds is 6. The molecule has 1 amide bonds. The number of halogens is 3. The van der Waals surface area contributed by atoms with Crippen LogP contribution in [-0.4, -0.2) is 39.5 Å². The number of carbonyl (C=O) groups is 1. The van der Waals surface area contributed by atoms with Gasteiger partial charge in [-0.25, -0.2) is 9.97 Å². The van der Waals surface area contributed by atoms with Crippen LogP contribution >= 0.6 is 0 Å². The van der Waals surface area contributed by atoms with E-state index < -0.39 is 17.6 Å². The first-order valence-corrected chi connectivity index (χ1v) is 10.7. The molecule has 0 radical (unpaired) electrons. The summed E-state index contributed by atoms with van der Waals surface area (Å²) in [7, 11) is 0. The van der Waals surface area contributed by atoms with Crippen molar-refractivity contribution >= 4 is 11.9 Å². The third-order valence-corrected chi connectivity index (χ3v) is 5.60. The summed E-state index contributed by atoms with van der Waals surface area (Å²) in [6, 6.07) is 10.7. The first-order valence-electron chi connectivity index (χ1n) is 10.7. The number of alkyl halides is 3. The Hall–Kier alpha value is -3.40. The van der Waals surface area contributed by atoms with E-state index in [1.807, 2.05) is 37.3 Å². The number of aromatic nitrogens is 3. The molecule has 3 heterocycles. The number of nitrogens with zero attached hydrogens (tertiary/aromatic N) is 2. The summed E-state index contributed by atoms with van der Waals surface area (Å²) in [4.78, 5) is 23.4. The molecule has 1 aliphatic heterocycles. The van der Waals surface area contributed by atoms with E-state index in [2.05, 4.69) is 30.9 Å². The van der Waals surface area contributed by atoms with Gasteiger partial charge >= 0.3 is 6.18 Å². The molecule has 1 saturated heterocycles. The molecular formula is C23H25F3N6O. The lowest BCUT2D eigenvalue weighted by Gasteiger charge is -2.35. The summed E-state index contributed by atoms with van der Waals surface area (Å²) in [5.41, 5.74) is -0.402. The Bertz CT molecular complexity index is 1110. The van der Waals surface area contributed by atoms with E-state index in [4.69, 9.17) is 0 Å². The molecule has 10 heteroatoms. The lowest BCUT2D eigenvalue weighted by atomic mass is 9.93. The van der Waals surface area contributed by atoms with Crippen LogP contribution in [0.4, 0.5) is 19.1 Å². The molecule has 1 atom stereocenters. The lowest BCUT2D eigenvalue weighted by Crippen LogP contribution is -2.49. The predicted octanol–water partition coefficient (Wildman–Crippen LogP) is 3.97. The highest BCUT2D eigenvalue weighted by Crippen LogP contribution is 2.36. The molecule has 0 spiro atoms. The number of piperidine rings is 1. The Kier molecular flexibility index (Phi) is 6.37. The van der Waals surface area contributed by atoms with Gasteiger partial charge in [0.2, 0.25) is 5.95 Å². The van der Waals surface area contributed by atoms with E-state index in [9.17, 15) is 18.0 Å². The van der Waals surface area contributed by atoms with Crippen molar-refractivity contribution in [1.29, 1.82) is 0 Å². The van der Waals surface area contributed by atoms with Crippen LogP contribution in [0.3, 0.4) is 0 Å². The standard InChI is InChI=1S/C23H25F3N6O/c1-22(8-5-9-27-14-22)32-21-30-13-17(23(24,25)26)19(31-21)16-10-18(28-12-16)20(33)29-11-15-6-3-2-4-7-15/h2-4,6-7,10,12-13,27-28H,5,8-9,11,14H2,1H3,(H,29,33)(H,30,31,32). The summed E-state index contributed by atoms with van der Waals surface area (Å²) in [5, 5.41) is 9.19. The Morgan fingerprint density at radius 3 is 2.73 bits per heavy atom. The van der Waals surface area contributed by atoms with Gasteiger partial charge in [-0.15, -0.1) is 0 Å². The first-order chi connectivity index (χ1) is 15.7. The lowest BCUT2D eigenvalue weighted by molar-refractivity contribution is -0.137. The van der Waals surface area contributed by atoms with Crippen LogP contribution in [0.15, 0.2) is 48.8 Å². The summed E-state index contributed by atoms with van der Waals surface area (Å²) >= 11 is 0. The molecule has 3 aromatic rings. The number of hydrogen-bond donors (Lipinski definition) is 4. The number of carbonyl (C=O) groups excluding carboxylic acids is 1. The van der Waals surface area contributed by atoms with Crippen molar-refractivity contribution in [3.63, 3.8) is 0 Å². The minimum Gasteiger partial charge on any atom is -0.357 e. The largest absolute Gasteiger partial charge is 0.419 e. The van der Waals surface area contributed by atoms with E-state index >= 15 is 0 Å². The number of amides is 1. The molecule has 4 rings (SSSR count). The normalized spacial score (nSPS) is 18.7. The number of nitrogens with one attached hydrogen (secondary N) is 4. The third-order valence-electron chi connectivity index (χ3n) is 5.60. The van der Waals surface area contributed by atoms with Crippen molar-refractivity contribution in [3.05, 3.63) is 65.6 Å². The fourth-order valence-electron chi connectivity index (χ4n) is 3.84. The Morgan fingerprint density at radius 2 is 2.03 bits per heavy atom. The third kappa shape index (κ3) is 5.51. The first kappa shape index (κ1) is 22.8. The highest BCUT2D eigenvalue weighted by atomic mass is 19.4. The van der Waals surface area contributed by atoms with Crippen LogP contribution in [0, 0.1) is 0 Å². The smallest absolute Gasteiger partial charge is 0.357 e. The molecule has 33 heavy (non-hydrogen) atoms. The van der Waals surface area contributed by atoms with E-state index in [1.165, 1.54) is 12.3 Å². The molecular weight excluding hydrogens is 433 g/mol. The van der Waals surface area contributed by atoms with E-state index in [1.54, 1.807) is 0 Å². The average molecular weight is 458 g/mol. The maximum absolute atomic E-state index is 13.7. The van der Waals surface area contributed by atoms with Gasteiger partial charge in [-0.1, -0.05) is 30.3 Å². The van der Waals surface area contributed by atoms with Gasteiger partial charge in [0.25, 0.3) is 5.91 Å². The minimum absolute atomic E-state index is 0.112. The molecule has 0 aliphatic carbocycles. The highest BCUT2D eigenvalue weighted by molar-refractivity contribution is 5.93. The zero-order chi connectivity index (χ0) is 23.5. The predicted molar refractivity (Wildman–Crippen MR) is 119 cm³/mol. The van der Waals surface area contributed by atoms with Crippen molar-refractivity contribution in [2.45, 2.75) is 38.0 Å². The second kappa shape index (κ2) is 9.22. The van der Waals surface area contributed by atoms with Crippen molar-refractivity contribution in [3.8, 4) is 11.3 Å². The summed E-state index contributed by atoms with van der Waals surface area (Å²) in [5.74, 6) is -0.313. The fourth-order valence-corrected chi connectivity index (χ4v) is 3.84. The molecule has 1 aromatic carbocycles. The van der Waals surface area contributed by atoms with Gasteiger partial charge in [0.05, 0.1) is 5.69 Å². The minimum atomic E-state index is -4.64. The fraction of sp³-hybridized carbons (Fsp3) is 0.348. The topological polar surface area (TPSA) is 94.7 Å². The molecule has 0 saturated carbocycles. The Balaban J connectivity index is 1.57. The van der Waals surface area contributed by atoms with Gasteiger partial charge in [-0.3, -0.25) is 4.79 Å². The molecule has 1 aliphatic rings. The van der Waals surface area contributed by atoms with Crippen molar-refractivity contribution in [1.82, 2.24) is 25.6 Å². The summed E-state index contributed by atoms with van der Waals surface area (Å²) in [6.07, 6.45) is -0.724. The van der Waals surface area contributed by atoms with Crippen LogP contribution in [0.1, 0.15) is 41.4 Å². The zero-order valence-electron chi connectivity index (χ0n) is 18.1. The van der Waals surface area contributed by atoms with Gasteiger partial charge < -0.3 is 20.9 Å². The molecule has 1 unspecified atom stereocenters. The maximum Gasteiger partial charge on any atom is 0.419 e. The number of aromatic amines is 1. The van der Waals surface area contributed by atoms with Gasteiger partial charge in [0.15, 0.2) is 0 Å². The summed E-state index contributed by atoms with van der Waals surface area (Å²) in [6.45, 7) is 3.83. The SMILES string of the molecule is CC1(Nc2ncc(C(F)(F)F)c(-c3c[nH]c(C(=O)NCc4ccccc4)c3)n2)CCCNC1. The number of benzene rings is 1. The summed E-state index contributed by atoms with van der Waals surface area (Å²) < 4.78 is 41.0. The number of anilines is 1.